The predicted molar refractivity (Wildman–Crippen MR) is 119 cm³/mol. The highest BCUT2D eigenvalue weighted by molar-refractivity contribution is 9.11. The number of halogens is 2. The fourth-order valence-electron chi connectivity index (χ4n) is 2.99. The van der Waals surface area contributed by atoms with Gasteiger partial charge in [0.1, 0.15) is 11.5 Å². The number of ether oxygens (including phenoxy) is 2. The Morgan fingerprint density at radius 3 is 2.17 bits per heavy atom. The maximum Gasteiger partial charge on any atom is 0.208 e. The first-order valence-electron chi connectivity index (χ1n) is 8.64. The Morgan fingerprint density at radius 2 is 1.53 bits per heavy atom. The molecule has 0 aliphatic rings. The van der Waals surface area contributed by atoms with Gasteiger partial charge in [0.05, 0.1) is 25.8 Å². The smallest absolute Gasteiger partial charge is 0.208 e. The average molecular weight is 552 g/mol. The van der Waals surface area contributed by atoms with E-state index in [-0.39, 0.29) is 15.5 Å². The van der Waals surface area contributed by atoms with E-state index in [1.54, 1.807) is 30.3 Å². The van der Waals surface area contributed by atoms with Gasteiger partial charge in [-0.2, -0.15) is 0 Å². The molecule has 30 heavy (non-hydrogen) atoms. The Kier molecular flexibility index (Phi) is 5.52. The molecule has 1 radical (unpaired) electrons. The van der Waals surface area contributed by atoms with Crippen LogP contribution in [-0.4, -0.2) is 20.5 Å². The van der Waals surface area contributed by atoms with Gasteiger partial charge < -0.3 is 14.5 Å². The number of hydrogen-bond donors (Lipinski definition) is 1. The number of hydrogen-bond acceptors (Lipinski definition) is 4. The number of aromatic nitrogens is 1. The largest absolute Gasteiger partial charge is 0.497 e. The van der Waals surface area contributed by atoms with Crippen LogP contribution in [0.3, 0.4) is 0 Å². The molecule has 1 N–H and O–H groups in total. The van der Waals surface area contributed by atoms with Crippen molar-refractivity contribution in [3.05, 3.63) is 69.7 Å². The van der Waals surface area contributed by atoms with Crippen molar-refractivity contribution >= 4 is 52.6 Å². The molecule has 0 atom stereocenters. The minimum atomic E-state index is -3.76. The van der Waals surface area contributed by atoms with Crippen LogP contribution in [0, 0.1) is 0 Å². The van der Waals surface area contributed by atoms with Crippen LogP contribution < -0.4 is 9.47 Å². The SMILES string of the molecule is COc1ccc(S(=O)(=O)c2c[nH]c3ccc(Oc4c(Br)cc([O])cc4Br)cc23)cc1. The van der Waals surface area contributed by atoms with Crippen molar-refractivity contribution in [3.8, 4) is 23.0 Å². The first-order valence-corrected chi connectivity index (χ1v) is 11.7. The van der Waals surface area contributed by atoms with Crippen molar-refractivity contribution in [2.45, 2.75) is 9.79 Å². The van der Waals surface area contributed by atoms with E-state index in [0.29, 0.717) is 37.1 Å². The summed E-state index contributed by atoms with van der Waals surface area (Å²) in [6.07, 6.45) is 1.46. The summed E-state index contributed by atoms with van der Waals surface area (Å²) in [5, 5.41) is 12.1. The molecule has 0 fully saturated rings. The average Bonchev–Trinajstić information content (AvgIpc) is 3.15. The first-order chi connectivity index (χ1) is 14.3. The van der Waals surface area contributed by atoms with Crippen LogP contribution in [0.1, 0.15) is 0 Å². The lowest BCUT2D eigenvalue weighted by molar-refractivity contribution is 0.353. The van der Waals surface area contributed by atoms with E-state index in [0.717, 1.165) is 0 Å². The monoisotopic (exact) mass is 550 g/mol. The molecule has 0 saturated heterocycles. The van der Waals surface area contributed by atoms with Crippen LogP contribution >= 0.6 is 31.9 Å². The molecule has 0 unspecified atom stereocenters. The zero-order chi connectivity index (χ0) is 21.5. The van der Waals surface area contributed by atoms with E-state index in [1.807, 2.05) is 0 Å². The zero-order valence-electron chi connectivity index (χ0n) is 15.5. The number of methoxy groups -OCH3 is 1. The highest BCUT2D eigenvalue weighted by Crippen LogP contribution is 2.41. The molecule has 4 aromatic rings. The standard InChI is InChI=1S/C21H14Br2NO5S/c1-28-13-2-5-15(6-3-13)30(26,27)20-11-24-19-7-4-14(10-16(19)20)29-21-17(22)8-12(25)9-18(21)23/h2-11,24H,1H3. The fraction of sp³-hybridized carbons (Fsp3) is 0.0476. The topological polar surface area (TPSA) is 88.3 Å². The first kappa shape index (κ1) is 20.8. The lowest BCUT2D eigenvalue weighted by Crippen LogP contribution is -2.01. The second kappa shape index (κ2) is 7.98. The highest BCUT2D eigenvalue weighted by Gasteiger charge is 2.22. The number of sulfone groups is 1. The second-order valence-electron chi connectivity index (χ2n) is 6.36. The van der Waals surface area contributed by atoms with Crippen LogP contribution in [-0.2, 0) is 14.9 Å². The van der Waals surface area contributed by atoms with Gasteiger partial charge in [-0.05, 0) is 74.3 Å². The molecule has 4 rings (SSSR count). The number of aromatic amines is 1. The van der Waals surface area contributed by atoms with Crippen LogP contribution in [0.2, 0.25) is 0 Å². The summed E-state index contributed by atoms with van der Waals surface area (Å²) in [6.45, 7) is 0. The van der Waals surface area contributed by atoms with Gasteiger partial charge >= 0.3 is 0 Å². The van der Waals surface area contributed by atoms with Crippen LogP contribution in [0.4, 0.5) is 0 Å². The minimum Gasteiger partial charge on any atom is -0.497 e. The minimum absolute atomic E-state index is 0.140. The number of nitrogens with one attached hydrogen (secondary N) is 1. The summed E-state index contributed by atoms with van der Waals surface area (Å²) in [6, 6.07) is 14.1. The summed E-state index contributed by atoms with van der Waals surface area (Å²) < 4.78 is 38.3. The summed E-state index contributed by atoms with van der Waals surface area (Å²) >= 11 is 6.64. The van der Waals surface area contributed by atoms with E-state index in [2.05, 4.69) is 36.8 Å². The van der Waals surface area contributed by atoms with Gasteiger partial charge in [-0.25, -0.2) is 8.42 Å². The number of fused-ring (bicyclic) bond motifs is 1. The third kappa shape index (κ3) is 3.80. The number of rotatable bonds is 5. The van der Waals surface area contributed by atoms with E-state index < -0.39 is 9.84 Å². The molecule has 0 aliphatic heterocycles. The molecule has 0 spiro atoms. The predicted octanol–water partition coefficient (Wildman–Crippen LogP) is 6.47. The molecule has 9 heteroatoms. The molecular weight excluding hydrogens is 538 g/mol. The number of H-pyrrole nitrogens is 1. The molecule has 0 amide bonds. The van der Waals surface area contributed by atoms with Gasteiger partial charge in [-0.1, -0.05) is 0 Å². The molecule has 153 valence electrons. The lowest BCUT2D eigenvalue weighted by Gasteiger charge is -2.10. The van der Waals surface area contributed by atoms with Gasteiger partial charge in [0.2, 0.25) is 9.84 Å². The van der Waals surface area contributed by atoms with Crippen molar-refractivity contribution < 1.29 is 23.0 Å². The number of benzene rings is 3. The highest BCUT2D eigenvalue weighted by atomic mass is 79.9. The van der Waals surface area contributed by atoms with Crippen molar-refractivity contribution in [1.82, 2.24) is 4.98 Å². The van der Waals surface area contributed by atoms with Gasteiger partial charge in [0.15, 0.2) is 11.5 Å². The molecule has 0 bridgehead atoms. The Hall–Kier alpha value is -2.49. The quantitative estimate of drug-likeness (QED) is 0.308. The van der Waals surface area contributed by atoms with E-state index >= 15 is 0 Å². The summed E-state index contributed by atoms with van der Waals surface area (Å²) in [5.41, 5.74) is 0.655. The third-order valence-electron chi connectivity index (χ3n) is 4.47. The zero-order valence-corrected chi connectivity index (χ0v) is 19.5. The van der Waals surface area contributed by atoms with Crippen molar-refractivity contribution in [1.29, 1.82) is 0 Å². The third-order valence-corrected chi connectivity index (χ3v) is 7.45. The maximum atomic E-state index is 13.2. The Labute approximate surface area is 189 Å². The van der Waals surface area contributed by atoms with Crippen molar-refractivity contribution in [2.75, 3.05) is 7.11 Å². The molecule has 1 aromatic heterocycles. The fourth-order valence-corrected chi connectivity index (χ4v) is 5.72. The molecule has 0 aliphatic carbocycles. The van der Waals surface area contributed by atoms with Crippen LogP contribution in [0.25, 0.3) is 10.9 Å². The molecular formula is C21H14Br2NO5S. The van der Waals surface area contributed by atoms with E-state index in [4.69, 9.17) is 9.47 Å². The van der Waals surface area contributed by atoms with E-state index in [1.165, 1.54) is 37.6 Å². The normalized spacial score (nSPS) is 11.6. The Morgan fingerprint density at radius 1 is 0.900 bits per heavy atom. The van der Waals surface area contributed by atoms with Crippen molar-refractivity contribution in [3.63, 3.8) is 0 Å². The lowest BCUT2D eigenvalue weighted by atomic mass is 10.2. The van der Waals surface area contributed by atoms with Gasteiger partial charge in [0, 0.05) is 29.2 Å². The summed E-state index contributed by atoms with van der Waals surface area (Å²) in [5.74, 6) is 1.25. The van der Waals surface area contributed by atoms with Crippen molar-refractivity contribution in [2.24, 2.45) is 0 Å². The van der Waals surface area contributed by atoms with Crippen LogP contribution in [0.5, 0.6) is 23.0 Å². The molecule has 1 heterocycles. The van der Waals surface area contributed by atoms with Crippen LogP contribution in [0.15, 0.2) is 79.5 Å². The molecule has 3 aromatic carbocycles. The maximum absolute atomic E-state index is 13.2. The second-order valence-corrected chi connectivity index (χ2v) is 9.98. The summed E-state index contributed by atoms with van der Waals surface area (Å²) in [4.78, 5) is 3.29. The summed E-state index contributed by atoms with van der Waals surface area (Å²) in [7, 11) is -2.24. The Balaban J connectivity index is 1.76. The van der Waals surface area contributed by atoms with Gasteiger partial charge in [-0.15, -0.1) is 0 Å². The van der Waals surface area contributed by atoms with Gasteiger partial charge in [0.25, 0.3) is 0 Å². The van der Waals surface area contributed by atoms with Gasteiger partial charge in [-0.3, -0.25) is 5.11 Å². The molecule has 6 nitrogen and oxygen atoms in total. The van der Waals surface area contributed by atoms with E-state index in [9.17, 15) is 13.5 Å². The Bertz CT molecular complexity index is 1320. The molecule has 0 saturated carbocycles.